The monoisotopic (exact) mass is 1340 g/mol. The van der Waals surface area contributed by atoms with E-state index in [-0.39, 0.29) is 25.7 Å². The smallest absolute Gasteiger partial charge is 0.462 e. The third-order valence-corrected chi connectivity index (χ3v) is 17.6. The molecule has 0 heterocycles. The zero-order valence-electron chi connectivity index (χ0n) is 58.5. The SMILES string of the molecule is CCC/C=C\C/C=C\CCCCCCCC(=O)OCC(COP(=O)(O)OCC(O)COP(=O)(O)OCC(COC(=O)CCCCCCC/C=C\CCCCCCCC)OC(=O)CCCCCCCCCCCCC)OC(=O)CCCCCCC/C=C\CCCCCC. The van der Waals surface area contributed by atoms with Crippen LogP contribution in [0.1, 0.15) is 336 Å². The molecule has 19 heteroatoms. The Morgan fingerprint density at radius 1 is 0.304 bits per heavy atom. The summed E-state index contributed by atoms with van der Waals surface area (Å²) in [5.41, 5.74) is 0. The van der Waals surface area contributed by atoms with E-state index in [0.29, 0.717) is 25.7 Å². The van der Waals surface area contributed by atoms with Crippen LogP contribution < -0.4 is 0 Å². The van der Waals surface area contributed by atoms with E-state index in [1.807, 2.05) is 0 Å². The van der Waals surface area contributed by atoms with Gasteiger partial charge in [0.15, 0.2) is 12.2 Å². The number of aliphatic hydroxyl groups excluding tert-OH is 1. The van der Waals surface area contributed by atoms with Crippen molar-refractivity contribution in [2.75, 3.05) is 39.6 Å². The second-order valence-corrected chi connectivity index (χ2v) is 27.8. The quantitative estimate of drug-likeness (QED) is 0.0169. The third kappa shape index (κ3) is 65.7. The van der Waals surface area contributed by atoms with Gasteiger partial charge in [-0.2, -0.15) is 0 Å². The van der Waals surface area contributed by atoms with Crippen LogP contribution in [0.2, 0.25) is 0 Å². The number of carbonyl (C=O) groups is 4. The van der Waals surface area contributed by atoms with Gasteiger partial charge >= 0.3 is 39.5 Å². The zero-order chi connectivity index (χ0) is 67.5. The van der Waals surface area contributed by atoms with E-state index in [0.717, 1.165) is 154 Å². The van der Waals surface area contributed by atoms with E-state index in [4.69, 9.17) is 37.0 Å². The average Bonchev–Trinajstić information content (AvgIpc) is 3.33. The summed E-state index contributed by atoms with van der Waals surface area (Å²) in [4.78, 5) is 72.6. The summed E-state index contributed by atoms with van der Waals surface area (Å²) in [5, 5.41) is 10.6. The highest BCUT2D eigenvalue weighted by Crippen LogP contribution is 2.45. The minimum Gasteiger partial charge on any atom is -0.462 e. The van der Waals surface area contributed by atoms with E-state index in [1.165, 1.54) is 103 Å². The molecule has 0 rings (SSSR count). The Labute approximate surface area is 559 Å². The number of hydrogen-bond donors (Lipinski definition) is 3. The molecular formula is C73H134O17P2. The minimum atomic E-state index is -4.97. The molecule has 0 fully saturated rings. The van der Waals surface area contributed by atoms with Gasteiger partial charge in [-0.3, -0.25) is 37.3 Å². The Morgan fingerprint density at radius 3 is 0.870 bits per heavy atom. The lowest BCUT2D eigenvalue weighted by atomic mass is 10.1. The molecule has 0 aromatic rings. The predicted octanol–water partition coefficient (Wildman–Crippen LogP) is 20.6. The van der Waals surface area contributed by atoms with Crippen molar-refractivity contribution in [3.8, 4) is 0 Å². The lowest BCUT2D eigenvalue weighted by Crippen LogP contribution is -2.30. The van der Waals surface area contributed by atoms with E-state index in [2.05, 4.69) is 76.3 Å². The summed E-state index contributed by atoms with van der Waals surface area (Å²) in [7, 11) is -9.93. The van der Waals surface area contributed by atoms with Crippen molar-refractivity contribution in [2.24, 2.45) is 0 Å². The second-order valence-electron chi connectivity index (χ2n) is 24.9. The Bertz CT molecular complexity index is 1940. The Morgan fingerprint density at radius 2 is 0.554 bits per heavy atom. The standard InChI is InChI=1S/C73H134O17P2/c1-5-9-13-17-21-25-29-32-33-36-39-42-46-50-54-58-71(76)84-63-68(89-72(77)59-55-51-47-43-37-28-24-20-16-12-8-4)65-87-91(79,80)85-61-67(74)62-86-92(81,82)88-66-69(90-73(78)60-56-52-48-44-40-35-31-27-23-19-15-11-7-3)64-83-70(75)57-53-49-45-41-38-34-30-26-22-18-14-10-6-2/h14,18,26-27,30-33,67-69,74H,5-13,15-17,19-25,28-29,34-66H2,1-4H3,(H,79,80)(H,81,82)/b18-14-,30-26-,31-27-,33-32-. The maximum absolute atomic E-state index is 13.0. The summed E-state index contributed by atoms with van der Waals surface area (Å²) in [6, 6.07) is 0. The normalized spacial score (nSPS) is 14.3. The first-order valence-electron chi connectivity index (χ1n) is 36.9. The second kappa shape index (κ2) is 66.6. The van der Waals surface area contributed by atoms with Crippen LogP contribution >= 0.6 is 15.6 Å². The average molecular weight is 1350 g/mol. The largest absolute Gasteiger partial charge is 0.472 e. The fourth-order valence-corrected chi connectivity index (χ4v) is 11.7. The molecule has 0 radical (unpaired) electrons. The maximum atomic E-state index is 13.0. The molecule has 538 valence electrons. The molecule has 5 atom stereocenters. The number of esters is 4. The van der Waals surface area contributed by atoms with Crippen molar-refractivity contribution in [2.45, 2.75) is 354 Å². The van der Waals surface area contributed by atoms with Crippen molar-refractivity contribution in [3.63, 3.8) is 0 Å². The molecule has 0 aromatic heterocycles. The van der Waals surface area contributed by atoms with Crippen LogP contribution in [0.3, 0.4) is 0 Å². The highest BCUT2D eigenvalue weighted by atomic mass is 31.2. The molecule has 0 aromatic carbocycles. The van der Waals surface area contributed by atoms with Crippen molar-refractivity contribution in [1.29, 1.82) is 0 Å². The van der Waals surface area contributed by atoms with Gasteiger partial charge in [0.05, 0.1) is 26.4 Å². The first-order chi connectivity index (χ1) is 44.7. The highest BCUT2D eigenvalue weighted by molar-refractivity contribution is 7.47. The molecule has 0 aliphatic rings. The predicted molar refractivity (Wildman–Crippen MR) is 372 cm³/mol. The van der Waals surface area contributed by atoms with Crippen LogP contribution in [0.15, 0.2) is 48.6 Å². The molecule has 0 spiro atoms. The van der Waals surface area contributed by atoms with Crippen molar-refractivity contribution < 1.29 is 80.2 Å². The number of phosphoric ester groups is 2. The third-order valence-electron chi connectivity index (χ3n) is 15.7. The first kappa shape index (κ1) is 89.0. The fraction of sp³-hybridized carbons (Fsp3) is 0.836. The number of hydrogen-bond acceptors (Lipinski definition) is 15. The molecule has 0 saturated heterocycles. The summed E-state index contributed by atoms with van der Waals surface area (Å²) in [5.74, 6) is -2.18. The van der Waals surface area contributed by atoms with Gasteiger partial charge in [0.25, 0.3) is 0 Å². The molecule has 92 heavy (non-hydrogen) atoms. The fourth-order valence-electron chi connectivity index (χ4n) is 10.1. The van der Waals surface area contributed by atoms with Crippen LogP contribution in [0, 0.1) is 0 Å². The van der Waals surface area contributed by atoms with Gasteiger partial charge < -0.3 is 33.8 Å². The van der Waals surface area contributed by atoms with Gasteiger partial charge in [0.1, 0.15) is 19.3 Å². The molecular weight excluding hydrogens is 1210 g/mol. The Kier molecular flexibility index (Phi) is 64.5. The molecule has 0 bridgehead atoms. The van der Waals surface area contributed by atoms with E-state index in [9.17, 15) is 43.2 Å². The van der Waals surface area contributed by atoms with E-state index >= 15 is 0 Å². The van der Waals surface area contributed by atoms with Gasteiger partial charge in [-0.25, -0.2) is 9.13 Å². The number of aliphatic hydroxyl groups is 1. The molecule has 0 aliphatic heterocycles. The van der Waals surface area contributed by atoms with Crippen LogP contribution in [-0.4, -0.2) is 96.7 Å². The zero-order valence-corrected chi connectivity index (χ0v) is 60.3. The van der Waals surface area contributed by atoms with Crippen LogP contribution in [0.5, 0.6) is 0 Å². The van der Waals surface area contributed by atoms with Gasteiger partial charge in [-0.1, -0.05) is 256 Å². The first-order valence-corrected chi connectivity index (χ1v) is 39.9. The highest BCUT2D eigenvalue weighted by Gasteiger charge is 2.30. The number of phosphoric acid groups is 2. The van der Waals surface area contributed by atoms with Crippen LogP contribution in [0.4, 0.5) is 0 Å². The van der Waals surface area contributed by atoms with Gasteiger partial charge in [-0.05, 0) is 103 Å². The number of unbranched alkanes of at least 4 members (excludes halogenated alkanes) is 36. The molecule has 5 unspecified atom stereocenters. The lowest BCUT2D eigenvalue weighted by Gasteiger charge is -2.21. The van der Waals surface area contributed by atoms with Crippen LogP contribution in [-0.2, 0) is 65.4 Å². The summed E-state index contributed by atoms with van der Waals surface area (Å²) in [6.45, 7) is 4.78. The number of allylic oxidation sites excluding steroid dienone is 8. The minimum absolute atomic E-state index is 0.0861. The number of carbonyl (C=O) groups excluding carboxylic acids is 4. The Hall–Kier alpha value is -2.98. The summed E-state index contributed by atoms with van der Waals surface area (Å²) >= 11 is 0. The van der Waals surface area contributed by atoms with Gasteiger partial charge in [0.2, 0.25) is 0 Å². The van der Waals surface area contributed by atoms with Gasteiger partial charge in [0, 0.05) is 25.7 Å². The molecule has 17 nitrogen and oxygen atoms in total. The Balaban J connectivity index is 5.30. The van der Waals surface area contributed by atoms with Crippen molar-refractivity contribution in [1.82, 2.24) is 0 Å². The molecule has 0 saturated carbocycles. The molecule has 3 N–H and O–H groups in total. The lowest BCUT2D eigenvalue weighted by molar-refractivity contribution is -0.161. The van der Waals surface area contributed by atoms with Crippen LogP contribution in [0.25, 0.3) is 0 Å². The number of rotatable bonds is 70. The van der Waals surface area contributed by atoms with E-state index < -0.39 is 97.5 Å². The molecule has 0 aliphatic carbocycles. The summed E-state index contributed by atoms with van der Waals surface area (Å²) in [6.07, 6.45) is 61.1. The number of ether oxygens (including phenoxy) is 4. The topological polar surface area (TPSA) is 237 Å². The van der Waals surface area contributed by atoms with Gasteiger partial charge in [-0.15, -0.1) is 0 Å². The van der Waals surface area contributed by atoms with E-state index in [1.54, 1.807) is 0 Å². The van der Waals surface area contributed by atoms with Crippen molar-refractivity contribution >= 4 is 39.5 Å². The van der Waals surface area contributed by atoms with Crippen molar-refractivity contribution in [3.05, 3.63) is 48.6 Å². The maximum Gasteiger partial charge on any atom is 0.472 e. The molecule has 0 amide bonds. The summed E-state index contributed by atoms with van der Waals surface area (Å²) < 4.78 is 68.3.